The minimum Gasteiger partial charge on any atom is -0.497 e. The van der Waals surface area contributed by atoms with Gasteiger partial charge >= 0.3 is 0 Å². The molecule has 0 aliphatic carbocycles. The van der Waals surface area contributed by atoms with Gasteiger partial charge in [-0.3, -0.25) is 9.59 Å². The Labute approximate surface area is 206 Å². The first kappa shape index (κ1) is 25.8. The van der Waals surface area contributed by atoms with Gasteiger partial charge in [-0.2, -0.15) is 0 Å². The summed E-state index contributed by atoms with van der Waals surface area (Å²) in [5.41, 5.74) is 1.59. The predicted molar refractivity (Wildman–Crippen MR) is 134 cm³/mol. The maximum Gasteiger partial charge on any atom is 0.261 e. The summed E-state index contributed by atoms with van der Waals surface area (Å²) in [5.74, 6) is 0.750. The lowest BCUT2D eigenvalue weighted by Crippen LogP contribution is -2.45. The first-order chi connectivity index (χ1) is 17.1. The fraction of sp³-hybridized carbons (Fsp3) is 0.286. The first-order valence-corrected chi connectivity index (χ1v) is 11.5. The molecular formula is C28H32N2O5. The van der Waals surface area contributed by atoms with E-state index in [1.165, 1.54) is 0 Å². The number of nitrogens with one attached hydrogen (secondary N) is 1. The second kappa shape index (κ2) is 13.8. The van der Waals surface area contributed by atoms with Gasteiger partial charge < -0.3 is 24.4 Å². The molecule has 0 aromatic heterocycles. The summed E-state index contributed by atoms with van der Waals surface area (Å²) in [6, 6.07) is 25.1. The van der Waals surface area contributed by atoms with Crippen LogP contribution in [-0.4, -0.2) is 50.7 Å². The van der Waals surface area contributed by atoms with Crippen molar-refractivity contribution in [2.24, 2.45) is 0 Å². The van der Waals surface area contributed by atoms with E-state index in [0.717, 1.165) is 16.9 Å². The van der Waals surface area contributed by atoms with Crippen molar-refractivity contribution in [1.82, 2.24) is 10.2 Å². The van der Waals surface area contributed by atoms with Crippen LogP contribution in [0.25, 0.3) is 0 Å². The van der Waals surface area contributed by atoms with Crippen molar-refractivity contribution >= 4 is 11.8 Å². The topological polar surface area (TPSA) is 77.1 Å². The number of carbonyl (C=O) groups excluding carboxylic acids is 2. The third kappa shape index (κ3) is 7.86. The number of para-hydroxylation sites is 1. The van der Waals surface area contributed by atoms with Gasteiger partial charge in [-0.05, 0) is 41.8 Å². The van der Waals surface area contributed by atoms with E-state index < -0.39 is 6.04 Å². The minimum atomic E-state index is -0.826. The number of benzene rings is 3. The Morgan fingerprint density at radius 2 is 1.51 bits per heavy atom. The second-order valence-electron chi connectivity index (χ2n) is 7.92. The van der Waals surface area contributed by atoms with Crippen molar-refractivity contribution in [3.63, 3.8) is 0 Å². The van der Waals surface area contributed by atoms with Crippen LogP contribution in [0.1, 0.15) is 23.6 Å². The molecule has 0 heterocycles. The highest BCUT2D eigenvalue weighted by Crippen LogP contribution is 2.25. The summed E-state index contributed by atoms with van der Waals surface area (Å²) in [5, 5.41) is 2.96. The molecule has 0 fully saturated rings. The fourth-order valence-electron chi connectivity index (χ4n) is 3.63. The lowest BCUT2D eigenvalue weighted by Gasteiger charge is -2.31. The highest BCUT2D eigenvalue weighted by atomic mass is 16.5. The largest absolute Gasteiger partial charge is 0.497 e. The Hall–Kier alpha value is -3.84. The first-order valence-electron chi connectivity index (χ1n) is 11.5. The molecule has 1 atom stereocenters. The molecule has 0 aliphatic rings. The van der Waals surface area contributed by atoms with E-state index in [0.29, 0.717) is 25.3 Å². The summed E-state index contributed by atoms with van der Waals surface area (Å²) in [7, 11) is 3.22. The molecule has 0 spiro atoms. The fourth-order valence-corrected chi connectivity index (χ4v) is 3.63. The van der Waals surface area contributed by atoms with Gasteiger partial charge in [-0.1, -0.05) is 60.7 Å². The van der Waals surface area contributed by atoms with Crippen molar-refractivity contribution in [3.05, 3.63) is 96.1 Å². The zero-order valence-electron chi connectivity index (χ0n) is 20.2. The summed E-state index contributed by atoms with van der Waals surface area (Å²) >= 11 is 0. The minimum absolute atomic E-state index is 0.194. The predicted octanol–water partition coefficient (Wildman–Crippen LogP) is 4.00. The van der Waals surface area contributed by atoms with Crippen LogP contribution in [0.5, 0.6) is 11.5 Å². The van der Waals surface area contributed by atoms with Crippen LogP contribution in [0.2, 0.25) is 0 Å². The van der Waals surface area contributed by atoms with Crippen molar-refractivity contribution in [3.8, 4) is 11.5 Å². The lowest BCUT2D eigenvalue weighted by molar-refractivity contribution is -0.143. The highest BCUT2D eigenvalue weighted by molar-refractivity contribution is 5.89. The monoisotopic (exact) mass is 476 g/mol. The Kier molecular flexibility index (Phi) is 10.1. The molecule has 7 heteroatoms. The SMILES string of the molecule is COCCCNC(=O)[C@H](c1ccccc1)N(Cc1ccc(OC)cc1)C(=O)COc1ccccc1. The summed E-state index contributed by atoms with van der Waals surface area (Å²) in [4.78, 5) is 28.5. The number of rotatable bonds is 13. The average Bonchev–Trinajstić information content (AvgIpc) is 2.91. The quantitative estimate of drug-likeness (QED) is 0.378. The van der Waals surface area contributed by atoms with Crippen LogP contribution in [0.15, 0.2) is 84.9 Å². The van der Waals surface area contributed by atoms with Gasteiger partial charge in [0.1, 0.15) is 17.5 Å². The van der Waals surface area contributed by atoms with Gasteiger partial charge in [0.05, 0.1) is 7.11 Å². The Morgan fingerprint density at radius 1 is 0.857 bits per heavy atom. The molecule has 0 bridgehead atoms. The normalized spacial score (nSPS) is 11.4. The molecule has 3 aromatic rings. The van der Waals surface area contributed by atoms with Crippen LogP contribution in [0.4, 0.5) is 0 Å². The Bertz CT molecular complexity index is 1040. The molecule has 2 amide bonds. The molecule has 184 valence electrons. The van der Waals surface area contributed by atoms with Gasteiger partial charge in [-0.25, -0.2) is 0 Å². The maximum atomic E-state index is 13.5. The standard InChI is InChI=1S/C28H32N2O5/c1-33-19-9-18-29-28(32)27(23-10-5-3-6-11-23)30(20-22-14-16-24(34-2)17-15-22)26(31)21-35-25-12-7-4-8-13-25/h3-8,10-17,27H,9,18-21H2,1-2H3,(H,29,32)/t27-/m0/s1. The van der Waals surface area contributed by atoms with E-state index in [2.05, 4.69) is 5.32 Å². The molecule has 0 radical (unpaired) electrons. The van der Waals surface area contributed by atoms with Gasteiger partial charge in [-0.15, -0.1) is 0 Å². The molecule has 3 aromatic carbocycles. The molecular weight excluding hydrogens is 444 g/mol. The van der Waals surface area contributed by atoms with Crippen LogP contribution in [0.3, 0.4) is 0 Å². The Balaban J connectivity index is 1.88. The summed E-state index contributed by atoms with van der Waals surface area (Å²) < 4.78 is 16.1. The molecule has 1 N–H and O–H groups in total. The van der Waals surface area contributed by atoms with Crippen LogP contribution in [0, 0.1) is 0 Å². The number of methoxy groups -OCH3 is 2. The van der Waals surface area contributed by atoms with E-state index >= 15 is 0 Å². The van der Waals surface area contributed by atoms with Gasteiger partial charge in [0.15, 0.2) is 6.61 Å². The van der Waals surface area contributed by atoms with E-state index in [-0.39, 0.29) is 25.0 Å². The van der Waals surface area contributed by atoms with E-state index in [4.69, 9.17) is 14.2 Å². The third-order valence-corrected chi connectivity index (χ3v) is 5.44. The lowest BCUT2D eigenvalue weighted by atomic mass is 10.0. The van der Waals surface area contributed by atoms with Crippen molar-refractivity contribution in [2.45, 2.75) is 19.0 Å². The van der Waals surface area contributed by atoms with Crippen LogP contribution in [-0.2, 0) is 20.9 Å². The number of ether oxygens (including phenoxy) is 3. The van der Waals surface area contributed by atoms with Crippen LogP contribution < -0.4 is 14.8 Å². The molecule has 0 unspecified atom stereocenters. The molecule has 0 saturated carbocycles. The molecule has 0 saturated heterocycles. The molecule has 0 aliphatic heterocycles. The zero-order valence-corrected chi connectivity index (χ0v) is 20.2. The average molecular weight is 477 g/mol. The molecule has 7 nitrogen and oxygen atoms in total. The van der Waals surface area contributed by atoms with Crippen molar-refractivity contribution in [1.29, 1.82) is 0 Å². The number of nitrogens with zero attached hydrogens (tertiary/aromatic N) is 1. The Morgan fingerprint density at radius 3 is 2.14 bits per heavy atom. The maximum absolute atomic E-state index is 13.5. The number of hydrogen-bond donors (Lipinski definition) is 1. The van der Waals surface area contributed by atoms with E-state index in [9.17, 15) is 9.59 Å². The van der Waals surface area contributed by atoms with Crippen molar-refractivity contribution in [2.75, 3.05) is 34.0 Å². The molecule has 35 heavy (non-hydrogen) atoms. The molecule has 3 rings (SSSR count). The number of hydrogen-bond acceptors (Lipinski definition) is 5. The smallest absolute Gasteiger partial charge is 0.261 e. The van der Waals surface area contributed by atoms with E-state index in [1.54, 1.807) is 31.3 Å². The second-order valence-corrected chi connectivity index (χ2v) is 7.92. The number of carbonyl (C=O) groups is 2. The van der Waals surface area contributed by atoms with Gasteiger partial charge in [0.25, 0.3) is 5.91 Å². The third-order valence-electron chi connectivity index (χ3n) is 5.44. The summed E-state index contributed by atoms with van der Waals surface area (Å²) in [6.07, 6.45) is 0.674. The van der Waals surface area contributed by atoms with E-state index in [1.807, 2.05) is 72.8 Å². The van der Waals surface area contributed by atoms with Gasteiger partial charge in [0.2, 0.25) is 5.91 Å². The van der Waals surface area contributed by atoms with Gasteiger partial charge in [0, 0.05) is 26.8 Å². The summed E-state index contributed by atoms with van der Waals surface area (Å²) in [6.45, 7) is 1.02. The highest BCUT2D eigenvalue weighted by Gasteiger charge is 2.31. The van der Waals surface area contributed by atoms with Crippen LogP contribution >= 0.6 is 0 Å². The van der Waals surface area contributed by atoms with Crippen molar-refractivity contribution < 1.29 is 23.8 Å². The zero-order chi connectivity index (χ0) is 24.9. The number of amides is 2.